The summed E-state index contributed by atoms with van der Waals surface area (Å²) in [6.07, 6.45) is 4.86. The highest BCUT2D eigenvalue weighted by atomic mass is 32.2. The van der Waals surface area contributed by atoms with Crippen LogP contribution in [0.2, 0.25) is 0 Å². The van der Waals surface area contributed by atoms with E-state index in [1.165, 1.54) is 30.8 Å². The van der Waals surface area contributed by atoms with Gasteiger partial charge in [-0.1, -0.05) is 13.3 Å². The third-order valence-corrected chi connectivity index (χ3v) is 3.77. The number of hydrogen-bond donors (Lipinski definition) is 2. The Hall–Kier alpha value is 0.270. The normalized spacial score (nSPS) is 15.4. The summed E-state index contributed by atoms with van der Waals surface area (Å²) < 4.78 is 0. The summed E-state index contributed by atoms with van der Waals surface area (Å²) in [5.41, 5.74) is -0.0781. The van der Waals surface area contributed by atoms with Crippen LogP contribution in [0.5, 0.6) is 0 Å². The molecule has 0 aromatic carbocycles. The monoisotopic (exact) mass is 219 g/mol. The van der Waals surface area contributed by atoms with Crippen LogP contribution in [0.25, 0.3) is 0 Å². The molecule has 2 N–H and O–H groups in total. The Morgan fingerprint density at radius 2 is 1.93 bits per heavy atom. The Morgan fingerprint density at radius 1 is 1.29 bits per heavy atom. The summed E-state index contributed by atoms with van der Waals surface area (Å²) in [5.74, 6) is 2.50. The fraction of sp³-hybridized carbons (Fsp3) is 1.00. The lowest BCUT2D eigenvalue weighted by molar-refractivity contribution is 0.173. The van der Waals surface area contributed by atoms with E-state index in [0.29, 0.717) is 0 Å². The number of aliphatic hydroxyl groups excluding tert-OH is 1. The fourth-order valence-electron chi connectivity index (χ4n) is 1.20. The van der Waals surface area contributed by atoms with Crippen molar-refractivity contribution in [3.05, 3.63) is 0 Å². The largest absolute Gasteiger partial charge is 0.394 e. The van der Waals surface area contributed by atoms with Gasteiger partial charge in [-0.15, -0.1) is 0 Å². The quantitative estimate of drug-likeness (QED) is 0.584. The Kier molecular flexibility index (Phi) is 8.73. The lowest BCUT2D eigenvalue weighted by atomic mass is 9.98. The van der Waals surface area contributed by atoms with Crippen molar-refractivity contribution in [3.8, 4) is 0 Å². The first-order valence-corrected chi connectivity index (χ1v) is 6.71. The maximum absolute atomic E-state index is 9.16. The molecule has 0 saturated heterocycles. The van der Waals surface area contributed by atoms with Crippen molar-refractivity contribution >= 4 is 11.8 Å². The molecule has 0 saturated carbocycles. The molecule has 0 spiro atoms. The zero-order valence-electron chi connectivity index (χ0n) is 9.81. The number of unbranched alkanes of at least 4 members (excludes halogenated alkanes) is 1. The van der Waals surface area contributed by atoms with Crippen molar-refractivity contribution in [1.82, 2.24) is 5.32 Å². The summed E-state index contributed by atoms with van der Waals surface area (Å²) >= 11 is 2.03. The predicted octanol–water partition coefficient (Wildman–Crippen LogP) is 2.27. The van der Waals surface area contributed by atoms with Crippen LogP contribution in [0.3, 0.4) is 0 Å². The van der Waals surface area contributed by atoms with Crippen LogP contribution in [0, 0.1) is 0 Å². The predicted molar refractivity (Wildman–Crippen MR) is 66.0 cm³/mol. The molecule has 1 atom stereocenters. The van der Waals surface area contributed by atoms with Gasteiger partial charge in [0, 0.05) is 5.54 Å². The molecule has 2 nitrogen and oxygen atoms in total. The number of rotatable bonds is 9. The fourth-order valence-corrected chi connectivity index (χ4v) is 2.24. The van der Waals surface area contributed by atoms with Crippen LogP contribution >= 0.6 is 11.8 Å². The molecule has 3 heteroatoms. The third kappa shape index (κ3) is 6.68. The Labute approximate surface area is 92.9 Å². The smallest absolute Gasteiger partial charge is 0.0610 e. The van der Waals surface area contributed by atoms with E-state index in [1.807, 2.05) is 18.8 Å². The van der Waals surface area contributed by atoms with Gasteiger partial charge < -0.3 is 10.4 Å². The molecule has 0 heterocycles. The molecular formula is C11H25NOS. The minimum atomic E-state index is -0.0781. The van der Waals surface area contributed by atoms with Crippen molar-refractivity contribution in [2.45, 2.75) is 45.1 Å². The first-order valence-electron chi connectivity index (χ1n) is 5.56. The van der Waals surface area contributed by atoms with Crippen molar-refractivity contribution in [1.29, 1.82) is 0 Å². The maximum atomic E-state index is 9.16. The molecule has 0 aromatic rings. The summed E-state index contributed by atoms with van der Waals surface area (Å²) in [5, 5.41) is 12.3. The van der Waals surface area contributed by atoms with Gasteiger partial charge in [-0.25, -0.2) is 0 Å². The van der Waals surface area contributed by atoms with Gasteiger partial charge in [0.1, 0.15) is 0 Å². The van der Waals surface area contributed by atoms with E-state index < -0.39 is 0 Å². The van der Waals surface area contributed by atoms with Crippen LogP contribution in [0.1, 0.15) is 39.5 Å². The van der Waals surface area contributed by atoms with E-state index in [9.17, 15) is 0 Å². The minimum absolute atomic E-state index is 0.0781. The van der Waals surface area contributed by atoms with Gasteiger partial charge in [0.25, 0.3) is 0 Å². The van der Waals surface area contributed by atoms with Crippen LogP contribution in [-0.2, 0) is 0 Å². The molecule has 0 aliphatic heterocycles. The SMILES string of the molecule is CCCCSCCCC(C)(CO)NC. The van der Waals surface area contributed by atoms with Crippen molar-refractivity contribution in [3.63, 3.8) is 0 Å². The van der Waals surface area contributed by atoms with Gasteiger partial charge in [0.05, 0.1) is 6.61 Å². The molecule has 0 aromatic heterocycles. The summed E-state index contributed by atoms with van der Waals surface area (Å²) in [4.78, 5) is 0. The lowest BCUT2D eigenvalue weighted by Crippen LogP contribution is -2.43. The number of likely N-dealkylation sites (N-methyl/N-ethyl adjacent to an activating group) is 1. The van der Waals surface area contributed by atoms with Gasteiger partial charge in [0.2, 0.25) is 0 Å². The standard InChI is InChI=1S/C11H25NOS/c1-4-5-8-14-9-6-7-11(2,10-13)12-3/h12-13H,4-10H2,1-3H3. The van der Waals surface area contributed by atoms with E-state index in [-0.39, 0.29) is 12.1 Å². The van der Waals surface area contributed by atoms with Gasteiger partial charge in [0.15, 0.2) is 0 Å². The topological polar surface area (TPSA) is 32.3 Å². The second kappa shape index (κ2) is 8.57. The third-order valence-electron chi connectivity index (χ3n) is 2.61. The molecule has 0 fully saturated rings. The summed E-state index contributed by atoms with van der Waals surface area (Å²) in [6.45, 7) is 4.53. The molecule has 0 bridgehead atoms. The van der Waals surface area contributed by atoms with Crippen molar-refractivity contribution in [2.24, 2.45) is 0 Å². The molecular weight excluding hydrogens is 194 g/mol. The molecule has 0 amide bonds. The van der Waals surface area contributed by atoms with E-state index >= 15 is 0 Å². The Morgan fingerprint density at radius 3 is 2.43 bits per heavy atom. The van der Waals surface area contributed by atoms with Gasteiger partial charge >= 0.3 is 0 Å². The highest BCUT2D eigenvalue weighted by Crippen LogP contribution is 2.14. The average molecular weight is 219 g/mol. The average Bonchev–Trinajstić information content (AvgIpc) is 2.23. The molecule has 86 valence electrons. The van der Waals surface area contributed by atoms with Crippen LogP contribution in [0.4, 0.5) is 0 Å². The van der Waals surface area contributed by atoms with Gasteiger partial charge in [-0.05, 0) is 44.7 Å². The molecule has 0 aliphatic carbocycles. The van der Waals surface area contributed by atoms with E-state index in [0.717, 1.165) is 6.42 Å². The highest BCUT2D eigenvalue weighted by Gasteiger charge is 2.19. The first-order chi connectivity index (χ1) is 6.68. The summed E-state index contributed by atoms with van der Waals surface area (Å²) in [6, 6.07) is 0. The van der Waals surface area contributed by atoms with E-state index in [2.05, 4.69) is 19.2 Å². The zero-order chi connectivity index (χ0) is 10.9. The van der Waals surface area contributed by atoms with Crippen LogP contribution in [0.15, 0.2) is 0 Å². The maximum Gasteiger partial charge on any atom is 0.0610 e. The first kappa shape index (κ1) is 14.3. The number of nitrogens with one attached hydrogen (secondary N) is 1. The van der Waals surface area contributed by atoms with E-state index in [4.69, 9.17) is 5.11 Å². The van der Waals surface area contributed by atoms with Gasteiger partial charge in [-0.3, -0.25) is 0 Å². The van der Waals surface area contributed by atoms with Crippen LogP contribution < -0.4 is 5.32 Å². The minimum Gasteiger partial charge on any atom is -0.394 e. The van der Waals surface area contributed by atoms with Crippen molar-refractivity contribution < 1.29 is 5.11 Å². The molecule has 14 heavy (non-hydrogen) atoms. The van der Waals surface area contributed by atoms with E-state index in [1.54, 1.807) is 0 Å². The number of aliphatic hydroxyl groups is 1. The molecule has 0 aliphatic rings. The summed E-state index contributed by atoms with van der Waals surface area (Å²) in [7, 11) is 1.92. The number of thioether (sulfide) groups is 1. The Bertz CT molecular complexity index is 126. The van der Waals surface area contributed by atoms with Crippen LogP contribution in [-0.4, -0.2) is 35.8 Å². The highest BCUT2D eigenvalue weighted by molar-refractivity contribution is 7.99. The number of hydrogen-bond acceptors (Lipinski definition) is 3. The Balaban J connectivity index is 3.34. The van der Waals surface area contributed by atoms with Crippen molar-refractivity contribution in [2.75, 3.05) is 25.2 Å². The zero-order valence-corrected chi connectivity index (χ0v) is 10.6. The molecule has 0 rings (SSSR count). The second-order valence-electron chi connectivity index (χ2n) is 4.04. The molecule has 1 unspecified atom stereocenters. The van der Waals surface area contributed by atoms with Gasteiger partial charge in [-0.2, -0.15) is 11.8 Å². The lowest BCUT2D eigenvalue weighted by Gasteiger charge is -2.26. The molecule has 0 radical (unpaired) electrons. The second-order valence-corrected chi connectivity index (χ2v) is 5.26.